The van der Waals surface area contributed by atoms with E-state index < -0.39 is 5.91 Å². The lowest BCUT2D eigenvalue weighted by atomic mass is 10.1. The number of imide groups is 1. The van der Waals surface area contributed by atoms with Crippen LogP contribution in [-0.2, 0) is 17.9 Å². The van der Waals surface area contributed by atoms with Crippen molar-refractivity contribution in [1.82, 2.24) is 4.90 Å². The number of ether oxygens (including phenoxy) is 3. The van der Waals surface area contributed by atoms with Crippen LogP contribution in [0.3, 0.4) is 0 Å². The van der Waals surface area contributed by atoms with Crippen molar-refractivity contribution in [3.63, 3.8) is 0 Å². The van der Waals surface area contributed by atoms with Gasteiger partial charge in [-0.3, -0.25) is 14.5 Å². The van der Waals surface area contributed by atoms with Crippen molar-refractivity contribution in [2.24, 2.45) is 0 Å². The maximum Gasteiger partial charge on any atom is 0.293 e. The summed E-state index contributed by atoms with van der Waals surface area (Å²) in [5.41, 5.74) is 2.29. The van der Waals surface area contributed by atoms with Crippen molar-refractivity contribution >= 4 is 84.0 Å². The molecule has 5 rings (SSSR count). The number of rotatable bonds is 6. The molecule has 2 amide bonds. The Morgan fingerprint density at radius 1 is 1.00 bits per heavy atom. The van der Waals surface area contributed by atoms with E-state index in [1.165, 1.54) is 0 Å². The summed E-state index contributed by atoms with van der Waals surface area (Å²) in [5.74, 6) is 1.29. The van der Waals surface area contributed by atoms with Crippen LogP contribution in [0.4, 0.5) is 4.79 Å². The summed E-state index contributed by atoms with van der Waals surface area (Å²) in [7, 11) is 0. The highest BCUT2D eigenvalue weighted by atomic mass is 79.9. The fourth-order valence-corrected chi connectivity index (χ4v) is 6.20. The molecule has 3 aromatic rings. The molecule has 2 aliphatic rings. The van der Waals surface area contributed by atoms with Crippen LogP contribution in [0, 0.1) is 0 Å². The van der Waals surface area contributed by atoms with E-state index in [-0.39, 0.29) is 18.6 Å². The predicted molar refractivity (Wildman–Crippen MR) is 147 cm³/mol. The van der Waals surface area contributed by atoms with E-state index in [0.717, 1.165) is 27.8 Å². The van der Waals surface area contributed by atoms with Gasteiger partial charge in [0.2, 0.25) is 6.79 Å². The highest BCUT2D eigenvalue weighted by Crippen LogP contribution is 2.41. The molecule has 0 radical (unpaired) electrons. The van der Waals surface area contributed by atoms with E-state index in [4.69, 9.17) is 37.4 Å². The average molecular weight is 672 g/mol. The first kappa shape index (κ1) is 25.5. The SMILES string of the molecule is O=C1S/C(=C\c2cc(Br)c(OCc3ccc(Cl)cc3)c(Br)c2)C(=O)N1Cc1cc2c(cc1Cl)OCO2. The third-order valence-electron chi connectivity index (χ3n) is 5.36. The lowest BCUT2D eigenvalue weighted by Gasteiger charge is -2.14. The van der Waals surface area contributed by atoms with Crippen LogP contribution in [-0.4, -0.2) is 22.8 Å². The second-order valence-electron chi connectivity index (χ2n) is 7.79. The fraction of sp³-hybridized carbons (Fsp3) is 0.120. The van der Waals surface area contributed by atoms with Crippen LogP contribution >= 0.6 is 66.8 Å². The highest BCUT2D eigenvalue weighted by Gasteiger charge is 2.36. The number of carbonyl (C=O) groups excluding carboxylic acids is 2. The second-order valence-corrected chi connectivity index (χ2v) is 11.3. The molecule has 1 fully saturated rings. The number of hydrogen-bond donors (Lipinski definition) is 0. The van der Waals surface area contributed by atoms with E-state index in [1.807, 2.05) is 24.3 Å². The van der Waals surface area contributed by atoms with Crippen molar-refractivity contribution in [2.75, 3.05) is 6.79 Å². The molecule has 2 aliphatic heterocycles. The predicted octanol–water partition coefficient (Wildman–Crippen LogP) is 8.06. The van der Waals surface area contributed by atoms with Crippen molar-refractivity contribution in [3.8, 4) is 17.2 Å². The van der Waals surface area contributed by atoms with Gasteiger partial charge in [-0.15, -0.1) is 0 Å². The molecule has 0 aliphatic carbocycles. The Morgan fingerprint density at radius 3 is 2.36 bits per heavy atom. The first-order valence-corrected chi connectivity index (χ1v) is 13.6. The minimum Gasteiger partial charge on any atom is -0.487 e. The van der Waals surface area contributed by atoms with Crippen molar-refractivity contribution in [2.45, 2.75) is 13.2 Å². The van der Waals surface area contributed by atoms with Gasteiger partial charge >= 0.3 is 0 Å². The van der Waals surface area contributed by atoms with Crippen LogP contribution in [0.2, 0.25) is 10.0 Å². The van der Waals surface area contributed by atoms with E-state index >= 15 is 0 Å². The Morgan fingerprint density at radius 2 is 1.67 bits per heavy atom. The molecule has 0 saturated carbocycles. The zero-order valence-electron chi connectivity index (χ0n) is 18.2. The first-order valence-electron chi connectivity index (χ1n) is 10.5. The fourth-order valence-electron chi connectivity index (χ4n) is 3.58. The maximum atomic E-state index is 13.0. The number of amides is 2. The van der Waals surface area contributed by atoms with Crippen molar-refractivity contribution in [3.05, 3.63) is 89.1 Å². The molecule has 0 N–H and O–H groups in total. The quantitative estimate of drug-likeness (QED) is 0.247. The van der Waals surface area contributed by atoms with Gasteiger partial charge in [-0.2, -0.15) is 0 Å². The van der Waals surface area contributed by atoms with Gasteiger partial charge in [-0.1, -0.05) is 35.3 Å². The summed E-state index contributed by atoms with van der Waals surface area (Å²) in [6.07, 6.45) is 1.67. The minimum absolute atomic E-state index is 0.0301. The average Bonchev–Trinajstić information content (AvgIpc) is 3.39. The van der Waals surface area contributed by atoms with E-state index in [1.54, 1.807) is 30.3 Å². The molecule has 36 heavy (non-hydrogen) atoms. The summed E-state index contributed by atoms with van der Waals surface area (Å²) in [6.45, 7) is 0.493. The van der Waals surface area contributed by atoms with Crippen molar-refractivity contribution in [1.29, 1.82) is 0 Å². The molecular formula is C25H15Br2Cl2NO5S. The number of nitrogens with zero attached hydrogens (tertiary/aromatic N) is 1. The van der Waals surface area contributed by atoms with E-state index in [9.17, 15) is 9.59 Å². The van der Waals surface area contributed by atoms with Gasteiger partial charge in [-0.05, 0) is 96.7 Å². The van der Waals surface area contributed by atoms with Gasteiger partial charge in [0.15, 0.2) is 11.5 Å². The zero-order valence-corrected chi connectivity index (χ0v) is 23.7. The molecule has 184 valence electrons. The van der Waals surface area contributed by atoms with Gasteiger partial charge < -0.3 is 14.2 Å². The lowest BCUT2D eigenvalue weighted by molar-refractivity contribution is -0.123. The smallest absolute Gasteiger partial charge is 0.293 e. The van der Waals surface area contributed by atoms with E-state index in [0.29, 0.717) is 53.3 Å². The summed E-state index contributed by atoms with van der Waals surface area (Å²) in [6, 6.07) is 14.4. The monoisotopic (exact) mass is 669 g/mol. The van der Waals surface area contributed by atoms with Gasteiger partial charge in [0, 0.05) is 16.1 Å². The number of fused-ring (bicyclic) bond motifs is 1. The standard InChI is InChI=1S/C25H15Br2Cl2NO5S/c26-17-5-14(6-18(27)23(17)33-11-13-1-3-16(28)4-2-13)7-22-24(31)30(25(32)36-22)10-15-8-20-21(9-19(15)29)35-12-34-20/h1-9H,10-12H2/b22-7-. The summed E-state index contributed by atoms with van der Waals surface area (Å²) >= 11 is 20.2. The van der Waals surface area contributed by atoms with Crippen LogP contribution in [0.1, 0.15) is 16.7 Å². The molecular weight excluding hydrogens is 657 g/mol. The summed E-state index contributed by atoms with van der Waals surface area (Å²) < 4.78 is 18.0. The summed E-state index contributed by atoms with van der Waals surface area (Å²) in [4.78, 5) is 27.2. The Hall–Kier alpha value is -2.17. The topological polar surface area (TPSA) is 65.1 Å². The first-order chi connectivity index (χ1) is 17.3. The normalized spacial score (nSPS) is 15.8. The van der Waals surface area contributed by atoms with Gasteiger partial charge in [-0.25, -0.2) is 0 Å². The number of carbonyl (C=O) groups is 2. The minimum atomic E-state index is -0.394. The zero-order chi connectivity index (χ0) is 25.4. The molecule has 11 heteroatoms. The maximum absolute atomic E-state index is 13.0. The Labute approximate surface area is 237 Å². The van der Waals surface area contributed by atoms with Crippen LogP contribution in [0.15, 0.2) is 62.4 Å². The number of halogens is 4. The van der Waals surface area contributed by atoms with Crippen LogP contribution in [0.25, 0.3) is 6.08 Å². The molecule has 3 aromatic carbocycles. The van der Waals surface area contributed by atoms with Crippen LogP contribution in [0.5, 0.6) is 17.2 Å². The largest absolute Gasteiger partial charge is 0.487 e. The molecule has 2 heterocycles. The van der Waals surface area contributed by atoms with Gasteiger partial charge in [0.05, 0.1) is 20.4 Å². The number of benzene rings is 3. The molecule has 0 unspecified atom stereocenters. The molecule has 0 bridgehead atoms. The van der Waals surface area contributed by atoms with Crippen molar-refractivity contribution < 1.29 is 23.8 Å². The second kappa shape index (κ2) is 10.7. The highest BCUT2D eigenvalue weighted by molar-refractivity contribution is 9.11. The Balaban J connectivity index is 1.32. The molecule has 0 atom stereocenters. The third-order valence-corrected chi connectivity index (χ3v) is 8.05. The third kappa shape index (κ3) is 5.40. The summed E-state index contributed by atoms with van der Waals surface area (Å²) in [5, 5.41) is 0.680. The van der Waals surface area contributed by atoms with Crippen LogP contribution < -0.4 is 14.2 Å². The van der Waals surface area contributed by atoms with E-state index in [2.05, 4.69) is 31.9 Å². The molecule has 6 nitrogen and oxygen atoms in total. The number of thioether (sulfide) groups is 1. The van der Waals surface area contributed by atoms with Gasteiger partial charge in [0.25, 0.3) is 11.1 Å². The molecule has 1 saturated heterocycles. The molecule has 0 aromatic heterocycles. The lowest BCUT2D eigenvalue weighted by Crippen LogP contribution is -2.27. The Kier molecular flexibility index (Phi) is 7.55. The number of hydrogen-bond acceptors (Lipinski definition) is 6. The van der Waals surface area contributed by atoms with Gasteiger partial charge in [0.1, 0.15) is 12.4 Å². The molecule has 0 spiro atoms. The Bertz CT molecular complexity index is 1390.